The zero-order chi connectivity index (χ0) is 12.4. The third-order valence-corrected chi connectivity index (χ3v) is 4.03. The highest BCUT2D eigenvalue weighted by Gasteiger charge is 2.24. The third kappa shape index (κ3) is 3.08. The van der Waals surface area contributed by atoms with E-state index in [0.717, 1.165) is 13.1 Å². The second kappa shape index (κ2) is 5.19. The molecule has 0 bridgehead atoms. The molecule has 2 N–H and O–H groups in total. The Balaban J connectivity index is 1.96. The van der Waals surface area contributed by atoms with Crippen molar-refractivity contribution >= 4 is 0 Å². The molecule has 2 atom stereocenters. The molecule has 2 nitrogen and oxygen atoms in total. The standard InChI is InChI=1S/C15H24N2/c1-11-4-5-14(8-12(11)2)9-17-7-6-15(10-17)13(3)16/h4-5,8,13,15H,6-7,9-10,16H2,1-3H3. The number of nitrogens with two attached hydrogens (primary N) is 1. The lowest BCUT2D eigenvalue weighted by Gasteiger charge is -2.18. The van der Waals surface area contributed by atoms with Crippen molar-refractivity contribution in [2.75, 3.05) is 13.1 Å². The first-order chi connectivity index (χ1) is 8.06. The zero-order valence-electron chi connectivity index (χ0n) is 11.2. The van der Waals surface area contributed by atoms with E-state index < -0.39 is 0 Å². The normalized spacial score (nSPS) is 22.9. The first kappa shape index (κ1) is 12.6. The predicted octanol–water partition coefficient (Wildman–Crippen LogP) is 2.47. The fourth-order valence-electron chi connectivity index (χ4n) is 2.60. The SMILES string of the molecule is Cc1ccc(CN2CCC(C(C)N)C2)cc1C. The lowest BCUT2D eigenvalue weighted by Crippen LogP contribution is -2.29. The smallest absolute Gasteiger partial charge is 0.0233 e. The second-order valence-electron chi connectivity index (χ2n) is 5.56. The van der Waals surface area contributed by atoms with Crippen molar-refractivity contribution in [1.29, 1.82) is 0 Å². The van der Waals surface area contributed by atoms with Crippen LogP contribution in [0.2, 0.25) is 0 Å². The van der Waals surface area contributed by atoms with Gasteiger partial charge in [0.2, 0.25) is 0 Å². The minimum atomic E-state index is 0.333. The molecule has 0 radical (unpaired) electrons. The minimum absolute atomic E-state index is 0.333. The molecule has 2 unspecified atom stereocenters. The Labute approximate surface area is 105 Å². The van der Waals surface area contributed by atoms with Crippen molar-refractivity contribution in [2.24, 2.45) is 11.7 Å². The lowest BCUT2D eigenvalue weighted by atomic mass is 10.0. The molecule has 0 aromatic heterocycles. The summed E-state index contributed by atoms with van der Waals surface area (Å²) in [5.41, 5.74) is 10.2. The molecule has 1 aliphatic heterocycles. The van der Waals surface area contributed by atoms with Crippen LogP contribution in [0.25, 0.3) is 0 Å². The molecule has 94 valence electrons. The van der Waals surface area contributed by atoms with Crippen molar-refractivity contribution in [3.05, 3.63) is 34.9 Å². The monoisotopic (exact) mass is 232 g/mol. The maximum Gasteiger partial charge on any atom is 0.0233 e. The summed E-state index contributed by atoms with van der Waals surface area (Å²) < 4.78 is 0. The van der Waals surface area contributed by atoms with Crippen LogP contribution in [-0.2, 0) is 6.54 Å². The molecule has 2 heteroatoms. The van der Waals surface area contributed by atoms with Gasteiger partial charge in [0.15, 0.2) is 0 Å². The van der Waals surface area contributed by atoms with E-state index in [9.17, 15) is 0 Å². The van der Waals surface area contributed by atoms with Crippen LogP contribution in [0.3, 0.4) is 0 Å². The number of aryl methyl sites for hydroxylation is 2. The summed E-state index contributed by atoms with van der Waals surface area (Å²) in [5.74, 6) is 0.682. The summed E-state index contributed by atoms with van der Waals surface area (Å²) in [6.07, 6.45) is 1.25. The molecule has 1 aliphatic rings. The van der Waals surface area contributed by atoms with Gasteiger partial charge in [-0.15, -0.1) is 0 Å². The molecule has 1 saturated heterocycles. The van der Waals surface area contributed by atoms with Crippen molar-refractivity contribution in [3.63, 3.8) is 0 Å². The van der Waals surface area contributed by atoms with Gasteiger partial charge >= 0.3 is 0 Å². The van der Waals surface area contributed by atoms with Crippen LogP contribution >= 0.6 is 0 Å². The third-order valence-electron chi connectivity index (χ3n) is 4.03. The van der Waals surface area contributed by atoms with E-state index in [2.05, 4.69) is 43.9 Å². The highest BCUT2D eigenvalue weighted by atomic mass is 15.1. The molecule has 0 amide bonds. The number of nitrogens with zero attached hydrogens (tertiary/aromatic N) is 1. The van der Waals surface area contributed by atoms with Crippen molar-refractivity contribution in [3.8, 4) is 0 Å². The molecule has 17 heavy (non-hydrogen) atoms. The first-order valence-corrected chi connectivity index (χ1v) is 6.60. The van der Waals surface area contributed by atoms with Crippen molar-refractivity contribution < 1.29 is 0 Å². The van der Waals surface area contributed by atoms with E-state index in [-0.39, 0.29) is 0 Å². The van der Waals surface area contributed by atoms with Gasteiger partial charge in [0.05, 0.1) is 0 Å². The van der Waals surface area contributed by atoms with Gasteiger partial charge in [-0.2, -0.15) is 0 Å². The van der Waals surface area contributed by atoms with Crippen LogP contribution in [0.15, 0.2) is 18.2 Å². The topological polar surface area (TPSA) is 29.3 Å². The van der Waals surface area contributed by atoms with E-state index in [1.165, 1.54) is 29.7 Å². The summed E-state index contributed by atoms with van der Waals surface area (Å²) in [4.78, 5) is 2.53. The summed E-state index contributed by atoms with van der Waals surface area (Å²) in [6, 6.07) is 7.12. The molecule has 2 rings (SSSR count). The van der Waals surface area contributed by atoms with E-state index in [1.54, 1.807) is 0 Å². The Morgan fingerprint density at radius 1 is 1.35 bits per heavy atom. The van der Waals surface area contributed by atoms with Gasteiger partial charge in [-0.3, -0.25) is 4.90 Å². The quantitative estimate of drug-likeness (QED) is 0.867. The molecular weight excluding hydrogens is 208 g/mol. The summed E-state index contributed by atoms with van der Waals surface area (Å²) in [6.45, 7) is 9.91. The Hall–Kier alpha value is -0.860. The van der Waals surface area contributed by atoms with Gasteiger partial charge < -0.3 is 5.73 Å². The van der Waals surface area contributed by atoms with E-state index >= 15 is 0 Å². The Morgan fingerprint density at radius 2 is 2.12 bits per heavy atom. The molecule has 0 spiro atoms. The number of rotatable bonds is 3. The second-order valence-corrected chi connectivity index (χ2v) is 5.56. The van der Waals surface area contributed by atoms with Gasteiger partial charge in [-0.25, -0.2) is 0 Å². The van der Waals surface area contributed by atoms with Gasteiger partial charge in [0.1, 0.15) is 0 Å². The van der Waals surface area contributed by atoms with Gasteiger partial charge in [-0.05, 0) is 56.3 Å². The average molecular weight is 232 g/mol. The van der Waals surface area contributed by atoms with Crippen LogP contribution in [0.5, 0.6) is 0 Å². The minimum Gasteiger partial charge on any atom is -0.328 e. The fourth-order valence-corrected chi connectivity index (χ4v) is 2.60. The molecule has 1 heterocycles. The van der Waals surface area contributed by atoms with Crippen molar-refractivity contribution in [2.45, 2.75) is 39.8 Å². The lowest BCUT2D eigenvalue weighted by molar-refractivity contribution is 0.308. The van der Waals surface area contributed by atoms with E-state index in [4.69, 9.17) is 5.73 Å². The highest BCUT2D eigenvalue weighted by molar-refractivity contribution is 5.29. The maximum atomic E-state index is 5.97. The van der Waals surface area contributed by atoms with Crippen LogP contribution in [0.1, 0.15) is 30.0 Å². The highest BCUT2D eigenvalue weighted by Crippen LogP contribution is 2.21. The molecular formula is C15H24N2. The first-order valence-electron chi connectivity index (χ1n) is 6.60. The number of benzene rings is 1. The molecule has 0 saturated carbocycles. The maximum absolute atomic E-state index is 5.97. The van der Waals surface area contributed by atoms with Gasteiger partial charge in [0.25, 0.3) is 0 Å². The van der Waals surface area contributed by atoms with E-state index in [1.807, 2.05) is 0 Å². The largest absolute Gasteiger partial charge is 0.328 e. The summed E-state index contributed by atoms with van der Waals surface area (Å²) in [5, 5.41) is 0. The zero-order valence-corrected chi connectivity index (χ0v) is 11.2. The fraction of sp³-hybridized carbons (Fsp3) is 0.600. The summed E-state index contributed by atoms with van der Waals surface area (Å²) >= 11 is 0. The molecule has 1 fully saturated rings. The van der Waals surface area contributed by atoms with Crippen LogP contribution in [0, 0.1) is 19.8 Å². The molecule has 1 aromatic carbocycles. The predicted molar refractivity (Wildman–Crippen MR) is 72.9 cm³/mol. The van der Waals surface area contributed by atoms with E-state index in [0.29, 0.717) is 12.0 Å². The Bertz CT molecular complexity index is 385. The van der Waals surface area contributed by atoms with Gasteiger partial charge in [0, 0.05) is 19.1 Å². The van der Waals surface area contributed by atoms with Crippen LogP contribution in [0.4, 0.5) is 0 Å². The van der Waals surface area contributed by atoms with Crippen LogP contribution in [-0.4, -0.2) is 24.0 Å². The number of hydrogen-bond donors (Lipinski definition) is 1. The number of hydrogen-bond acceptors (Lipinski definition) is 2. The Morgan fingerprint density at radius 3 is 2.71 bits per heavy atom. The van der Waals surface area contributed by atoms with Gasteiger partial charge in [-0.1, -0.05) is 18.2 Å². The summed E-state index contributed by atoms with van der Waals surface area (Å²) in [7, 11) is 0. The number of likely N-dealkylation sites (tertiary alicyclic amines) is 1. The average Bonchev–Trinajstić information content (AvgIpc) is 2.72. The van der Waals surface area contributed by atoms with Crippen molar-refractivity contribution in [1.82, 2.24) is 4.90 Å². The molecule has 0 aliphatic carbocycles. The van der Waals surface area contributed by atoms with Crippen LogP contribution < -0.4 is 5.73 Å². The Kier molecular flexibility index (Phi) is 3.85. The molecule has 1 aromatic rings.